The second-order valence-electron chi connectivity index (χ2n) is 4.62. The van der Waals surface area contributed by atoms with Crippen LogP contribution in [0, 0.1) is 12.3 Å². The molecule has 1 saturated heterocycles. The minimum absolute atomic E-state index is 0.0186. The minimum atomic E-state index is -0.959. The molecule has 0 aromatic carbocycles. The third kappa shape index (κ3) is 2.90. The molecule has 2 rings (SSSR count). The number of rotatable bonds is 4. The summed E-state index contributed by atoms with van der Waals surface area (Å²) >= 11 is 0. The Morgan fingerprint density at radius 2 is 2.16 bits per heavy atom. The Balaban J connectivity index is 1.99. The number of aromatic nitrogens is 3. The van der Waals surface area contributed by atoms with Crippen molar-refractivity contribution in [3.05, 3.63) is 11.6 Å². The number of carboxylic acids is 1. The van der Waals surface area contributed by atoms with Crippen molar-refractivity contribution in [1.82, 2.24) is 20.5 Å². The van der Waals surface area contributed by atoms with Gasteiger partial charge in [0.15, 0.2) is 0 Å². The highest BCUT2D eigenvalue weighted by molar-refractivity contribution is 5.90. The number of carboxylic acid groups (broad SMARTS) is 1. The molecule has 0 bridgehead atoms. The average Bonchev–Trinajstić information content (AvgIpc) is 2.83. The van der Waals surface area contributed by atoms with Crippen molar-refractivity contribution in [3.8, 4) is 0 Å². The van der Waals surface area contributed by atoms with Crippen molar-refractivity contribution in [2.75, 3.05) is 19.8 Å². The van der Waals surface area contributed by atoms with Crippen LogP contribution in [0.25, 0.3) is 0 Å². The number of H-pyrrole nitrogens is 1. The van der Waals surface area contributed by atoms with Crippen molar-refractivity contribution in [3.63, 3.8) is 0 Å². The number of carbonyl (C=O) groups excluding carboxylic acids is 1. The van der Waals surface area contributed by atoms with Crippen LogP contribution < -0.4 is 5.32 Å². The molecule has 1 aromatic rings. The first-order chi connectivity index (χ1) is 9.03. The van der Waals surface area contributed by atoms with Crippen molar-refractivity contribution < 1.29 is 19.4 Å². The van der Waals surface area contributed by atoms with Gasteiger partial charge >= 0.3 is 5.97 Å². The van der Waals surface area contributed by atoms with Gasteiger partial charge in [0.2, 0.25) is 5.82 Å². The molecule has 1 amide bonds. The van der Waals surface area contributed by atoms with Gasteiger partial charge in [-0.2, -0.15) is 0 Å². The highest BCUT2D eigenvalue weighted by Crippen LogP contribution is 2.30. The molecule has 8 nitrogen and oxygen atoms in total. The second kappa shape index (κ2) is 5.35. The van der Waals surface area contributed by atoms with Crippen LogP contribution in [0.5, 0.6) is 0 Å². The molecule has 0 saturated carbocycles. The Hall–Kier alpha value is -1.96. The lowest BCUT2D eigenvalue weighted by molar-refractivity contribution is -0.154. The molecule has 1 aliphatic rings. The molecule has 0 spiro atoms. The Morgan fingerprint density at radius 1 is 1.47 bits per heavy atom. The topological polar surface area (TPSA) is 117 Å². The van der Waals surface area contributed by atoms with Crippen LogP contribution >= 0.6 is 0 Å². The van der Waals surface area contributed by atoms with E-state index in [1.807, 2.05) is 0 Å². The fraction of sp³-hybridized carbons (Fsp3) is 0.636. The van der Waals surface area contributed by atoms with Gasteiger partial charge in [0.1, 0.15) is 5.82 Å². The molecular weight excluding hydrogens is 252 g/mol. The lowest BCUT2D eigenvalue weighted by Crippen LogP contribution is -2.46. The van der Waals surface area contributed by atoms with Gasteiger partial charge in [0, 0.05) is 19.8 Å². The molecule has 3 N–H and O–H groups in total. The van der Waals surface area contributed by atoms with Crippen LogP contribution in [-0.2, 0) is 9.53 Å². The summed E-state index contributed by atoms with van der Waals surface area (Å²) in [4.78, 5) is 27.1. The summed E-state index contributed by atoms with van der Waals surface area (Å²) in [5.74, 6) is -0.840. The van der Waals surface area contributed by atoms with Gasteiger partial charge in [-0.15, -0.1) is 5.10 Å². The van der Waals surface area contributed by atoms with Gasteiger partial charge in [0.05, 0.1) is 5.41 Å². The van der Waals surface area contributed by atoms with E-state index in [0.29, 0.717) is 31.9 Å². The number of hydrogen-bond acceptors (Lipinski definition) is 5. The number of hydrogen-bond donors (Lipinski definition) is 3. The molecule has 0 aliphatic carbocycles. The molecule has 1 fully saturated rings. The Labute approximate surface area is 109 Å². The fourth-order valence-corrected chi connectivity index (χ4v) is 2.00. The number of ether oxygens (including phenoxy) is 1. The van der Waals surface area contributed by atoms with E-state index in [1.54, 1.807) is 6.92 Å². The molecule has 0 unspecified atom stereocenters. The molecule has 8 heteroatoms. The van der Waals surface area contributed by atoms with Gasteiger partial charge in [-0.05, 0) is 19.8 Å². The third-order valence-corrected chi connectivity index (χ3v) is 3.29. The number of nitrogens with zero attached hydrogens (tertiary/aromatic N) is 2. The summed E-state index contributed by atoms with van der Waals surface area (Å²) in [5, 5.41) is 18.2. The van der Waals surface area contributed by atoms with Gasteiger partial charge in [0.25, 0.3) is 5.91 Å². The maximum absolute atomic E-state index is 11.8. The van der Waals surface area contributed by atoms with Crippen LogP contribution in [0.1, 0.15) is 29.3 Å². The maximum atomic E-state index is 11.8. The van der Waals surface area contributed by atoms with E-state index >= 15 is 0 Å². The lowest BCUT2D eigenvalue weighted by atomic mass is 9.80. The van der Waals surface area contributed by atoms with E-state index in [0.717, 1.165) is 0 Å². The molecule has 0 radical (unpaired) electrons. The average molecular weight is 268 g/mol. The standard InChI is InChI=1S/C11H16N4O4/c1-7-13-8(15-14-7)9(16)12-6-11(10(17)18)2-4-19-5-3-11/h2-6H2,1H3,(H,12,16)(H,17,18)(H,13,14,15). The number of amides is 1. The van der Waals surface area contributed by atoms with Crippen molar-refractivity contribution in [2.45, 2.75) is 19.8 Å². The predicted molar refractivity (Wildman–Crippen MR) is 63.6 cm³/mol. The van der Waals surface area contributed by atoms with Crippen molar-refractivity contribution >= 4 is 11.9 Å². The number of nitrogens with one attached hydrogen (secondary N) is 2. The highest BCUT2D eigenvalue weighted by atomic mass is 16.5. The summed E-state index contributed by atoms with van der Waals surface area (Å²) in [7, 11) is 0. The van der Waals surface area contributed by atoms with Gasteiger partial charge in [-0.1, -0.05) is 0 Å². The fourth-order valence-electron chi connectivity index (χ4n) is 2.00. The van der Waals surface area contributed by atoms with Crippen molar-refractivity contribution in [2.24, 2.45) is 5.41 Å². The molecule has 1 aromatic heterocycles. The Bertz CT molecular complexity index is 479. The van der Waals surface area contributed by atoms with Crippen LogP contribution in [0.3, 0.4) is 0 Å². The van der Waals surface area contributed by atoms with Gasteiger partial charge in [-0.3, -0.25) is 14.7 Å². The first kappa shape index (κ1) is 13.5. The lowest BCUT2D eigenvalue weighted by Gasteiger charge is -2.32. The zero-order valence-electron chi connectivity index (χ0n) is 10.6. The molecule has 2 heterocycles. The molecule has 19 heavy (non-hydrogen) atoms. The minimum Gasteiger partial charge on any atom is -0.481 e. The number of carbonyl (C=O) groups is 2. The van der Waals surface area contributed by atoms with E-state index in [4.69, 9.17) is 4.74 Å². The largest absolute Gasteiger partial charge is 0.481 e. The predicted octanol–water partition coefficient (Wildman–Crippen LogP) is -0.276. The first-order valence-corrected chi connectivity index (χ1v) is 6.02. The normalized spacial score (nSPS) is 17.9. The zero-order chi connectivity index (χ0) is 13.9. The van der Waals surface area contributed by atoms with Crippen LogP contribution in [0.15, 0.2) is 0 Å². The van der Waals surface area contributed by atoms with Crippen molar-refractivity contribution in [1.29, 1.82) is 0 Å². The highest BCUT2D eigenvalue weighted by Gasteiger charge is 2.40. The quantitative estimate of drug-likeness (QED) is 0.691. The van der Waals surface area contributed by atoms with E-state index in [-0.39, 0.29) is 12.4 Å². The van der Waals surface area contributed by atoms with Gasteiger partial charge in [-0.25, -0.2) is 4.98 Å². The Kier molecular flexibility index (Phi) is 3.79. The summed E-state index contributed by atoms with van der Waals surface area (Å²) in [6, 6.07) is 0. The summed E-state index contributed by atoms with van der Waals surface area (Å²) in [6.45, 7) is 2.52. The van der Waals surface area contributed by atoms with E-state index in [2.05, 4.69) is 20.5 Å². The Morgan fingerprint density at radius 3 is 2.68 bits per heavy atom. The summed E-state index contributed by atoms with van der Waals surface area (Å²) in [6.07, 6.45) is 0.769. The number of aromatic amines is 1. The monoisotopic (exact) mass is 268 g/mol. The molecule has 104 valence electrons. The number of aryl methyl sites for hydroxylation is 1. The smallest absolute Gasteiger partial charge is 0.311 e. The van der Waals surface area contributed by atoms with Crippen LogP contribution in [-0.4, -0.2) is 51.9 Å². The maximum Gasteiger partial charge on any atom is 0.311 e. The first-order valence-electron chi connectivity index (χ1n) is 6.02. The van der Waals surface area contributed by atoms with E-state index in [9.17, 15) is 14.7 Å². The van der Waals surface area contributed by atoms with Crippen LogP contribution in [0.4, 0.5) is 0 Å². The number of aliphatic carboxylic acids is 1. The molecule has 0 atom stereocenters. The summed E-state index contributed by atoms with van der Waals surface area (Å²) < 4.78 is 5.16. The van der Waals surface area contributed by atoms with E-state index < -0.39 is 17.3 Å². The molecular formula is C11H16N4O4. The van der Waals surface area contributed by atoms with Gasteiger partial charge < -0.3 is 15.2 Å². The zero-order valence-corrected chi connectivity index (χ0v) is 10.6. The van der Waals surface area contributed by atoms with Crippen LogP contribution in [0.2, 0.25) is 0 Å². The summed E-state index contributed by atoms with van der Waals surface area (Å²) in [5.41, 5.74) is -0.959. The molecule has 1 aliphatic heterocycles. The van der Waals surface area contributed by atoms with E-state index in [1.165, 1.54) is 0 Å². The third-order valence-electron chi connectivity index (χ3n) is 3.29. The second-order valence-corrected chi connectivity index (χ2v) is 4.62. The SMILES string of the molecule is Cc1nc(C(=O)NCC2(C(=O)O)CCOCC2)n[nH]1.